The number of rotatable bonds is 5. The Kier molecular flexibility index (Phi) is 6.58. The lowest BCUT2D eigenvalue weighted by atomic mass is 9.99. The largest absolute Gasteiger partial charge is 0.460 e. The molecule has 0 spiro atoms. The van der Waals surface area contributed by atoms with Gasteiger partial charge in [-0.15, -0.1) is 5.06 Å². The van der Waals surface area contributed by atoms with Crippen LogP contribution in [0.2, 0.25) is 5.02 Å². The van der Waals surface area contributed by atoms with Crippen molar-refractivity contribution in [2.75, 3.05) is 6.61 Å². The van der Waals surface area contributed by atoms with Crippen LogP contribution in [0, 0.1) is 0 Å². The molecule has 0 aliphatic carbocycles. The van der Waals surface area contributed by atoms with E-state index in [1.807, 2.05) is 0 Å². The van der Waals surface area contributed by atoms with E-state index in [0.29, 0.717) is 0 Å². The van der Waals surface area contributed by atoms with Gasteiger partial charge in [0.2, 0.25) is 6.29 Å². The predicted octanol–water partition coefficient (Wildman–Crippen LogP) is -1.15. The van der Waals surface area contributed by atoms with Gasteiger partial charge in [0.25, 0.3) is 11.8 Å². The molecule has 34 heavy (non-hydrogen) atoms. The van der Waals surface area contributed by atoms with E-state index in [9.17, 15) is 39.6 Å². The van der Waals surface area contributed by atoms with Crippen molar-refractivity contribution in [3.8, 4) is 5.75 Å². The summed E-state index contributed by atoms with van der Waals surface area (Å²) < 4.78 is 15.8. The van der Waals surface area contributed by atoms with E-state index in [1.54, 1.807) is 0 Å². The Morgan fingerprint density at radius 3 is 2.38 bits per heavy atom. The average molecular weight is 500 g/mol. The smallest absolute Gasteiger partial charge is 0.371 e. The molecule has 2 fully saturated rings. The molecular weight excluding hydrogens is 482 g/mol. The number of amides is 2. The van der Waals surface area contributed by atoms with Gasteiger partial charge in [0.05, 0.1) is 11.6 Å². The van der Waals surface area contributed by atoms with Crippen LogP contribution < -0.4 is 10.4 Å². The number of benzene rings is 1. The van der Waals surface area contributed by atoms with Crippen LogP contribution >= 0.6 is 11.6 Å². The zero-order valence-corrected chi connectivity index (χ0v) is 17.9. The fourth-order valence-corrected chi connectivity index (χ4v) is 3.65. The van der Waals surface area contributed by atoms with Crippen molar-refractivity contribution >= 4 is 40.4 Å². The number of carbonyl (C=O) groups is 3. The van der Waals surface area contributed by atoms with Gasteiger partial charge < -0.3 is 39.2 Å². The zero-order chi connectivity index (χ0) is 24.7. The minimum atomic E-state index is -1.70. The molecule has 13 nitrogen and oxygen atoms in total. The number of aliphatic hydroxyl groups excluding tert-OH is 4. The standard InChI is InChI=1S/C20H18ClNO12/c21-9-4-7-3-8(19(30)34-22-13(24)1-2-14(22)25)18(29)31-10(7)5-11(9)32-20-17(28)16(27)15(26)12(6-23)33-20/h3-5,12,15-17,20,23,26-28H,1-2,6H2/t12-,15-,16+,17-,20?/m1/s1. The van der Waals surface area contributed by atoms with Crippen LogP contribution in [0.5, 0.6) is 5.75 Å². The zero-order valence-electron chi connectivity index (χ0n) is 17.1. The summed E-state index contributed by atoms with van der Waals surface area (Å²) >= 11 is 6.20. The van der Waals surface area contributed by atoms with Crippen molar-refractivity contribution in [1.82, 2.24) is 5.06 Å². The van der Waals surface area contributed by atoms with Crippen molar-refractivity contribution in [2.45, 2.75) is 43.5 Å². The SMILES string of the molecule is O=C(ON1C(=O)CCC1=O)c1cc2cc(Cl)c(OC3O[C@H](CO)[C@@H](O)[C@H](O)[C@H]3O)cc2oc1=O. The number of carbonyl (C=O) groups excluding carboxylic acids is 3. The molecule has 3 heterocycles. The van der Waals surface area contributed by atoms with Crippen LogP contribution in [0.4, 0.5) is 0 Å². The first-order chi connectivity index (χ1) is 16.1. The summed E-state index contributed by atoms with van der Waals surface area (Å²) in [6.45, 7) is -0.668. The molecule has 2 aliphatic heterocycles. The number of hydrogen-bond acceptors (Lipinski definition) is 12. The summed E-state index contributed by atoms with van der Waals surface area (Å²) in [6.07, 6.45) is -7.98. The maximum atomic E-state index is 12.3. The van der Waals surface area contributed by atoms with Crippen LogP contribution in [-0.4, -0.2) is 80.6 Å². The normalized spacial score (nSPS) is 27.3. The van der Waals surface area contributed by atoms with Crippen molar-refractivity contribution in [2.24, 2.45) is 0 Å². The highest BCUT2D eigenvalue weighted by Gasteiger charge is 2.45. The quantitative estimate of drug-likeness (QED) is 0.285. The Morgan fingerprint density at radius 1 is 1.06 bits per heavy atom. The van der Waals surface area contributed by atoms with E-state index in [-0.39, 0.29) is 39.6 Å². The lowest BCUT2D eigenvalue weighted by Gasteiger charge is -2.39. The number of fused-ring (bicyclic) bond motifs is 1. The Hall–Kier alpha value is -3.07. The molecule has 1 aromatic heterocycles. The van der Waals surface area contributed by atoms with Gasteiger partial charge in [0, 0.05) is 24.3 Å². The minimum Gasteiger partial charge on any atom is -0.460 e. The van der Waals surface area contributed by atoms with Gasteiger partial charge in [0.1, 0.15) is 41.3 Å². The fraction of sp³-hybridized carbons (Fsp3) is 0.400. The van der Waals surface area contributed by atoms with Crippen LogP contribution in [0.15, 0.2) is 27.4 Å². The van der Waals surface area contributed by atoms with E-state index in [0.717, 1.165) is 12.1 Å². The Balaban J connectivity index is 1.59. The van der Waals surface area contributed by atoms with Crippen molar-refractivity contribution in [1.29, 1.82) is 0 Å². The molecule has 4 N–H and O–H groups in total. The molecule has 1 aromatic carbocycles. The van der Waals surface area contributed by atoms with Gasteiger partial charge in [-0.05, 0) is 12.1 Å². The first kappa shape index (κ1) is 24.1. The second-order valence-corrected chi connectivity index (χ2v) is 7.95. The molecule has 4 rings (SSSR count). The molecule has 2 saturated heterocycles. The molecule has 2 amide bonds. The lowest BCUT2D eigenvalue weighted by molar-refractivity contribution is -0.277. The van der Waals surface area contributed by atoms with Gasteiger partial charge in [0.15, 0.2) is 0 Å². The topological polar surface area (TPSA) is 193 Å². The number of hydroxylamine groups is 2. The third-order valence-electron chi connectivity index (χ3n) is 5.28. The van der Waals surface area contributed by atoms with Crippen molar-refractivity contribution in [3.05, 3.63) is 39.2 Å². The first-order valence-corrected chi connectivity index (χ1v) is 10.3. The molecule has 2 aliphatic rings. The molecule has 5 atom stereocenters. The summed E-state index contributed by atoms with van der Waals surface area (Å²) in [6, 6.07) is 3.49. The molecule has 182 valence electrons. The van der Waals surface area contributed by atoms with Crippen LogP contribution in [0.1, 0.15) is 23.2 Å². The summed E-state index contributed by atoms with van der Waals surface area (Å²) in [5, 5.41) is 39.5. The number of ether oxygens (including phenoxy) is 2. The average Bonchev–Trinajstić information content (AvgIpc) is 3.11. The van der Waals surface area contributed by atoms with Crippen LogP contribution in [0.3, 0.4) is 0 Å². The third-order valence-corrected chi connectivity index (χ3v) is 5.57. The van der Waals surface area contributed by atoms with Gasteiger partial charge in [-0.25, -0.2) is 9.59 Å². The van der Waals surface area contributed by atoms with Crippen LogP contribution in [0.25, 0.3) is 11.0 Å². The number of hydrogen-bond donors (Lipinski definition) is 4. The monoisotopic (exact) mass is 499 g/mol. The van der Waals surface area contributed by atoms with Crippen molar-refractivity contribution in [3.63, 3.8) is 0 Å². The number of halogens is 1. The molecule has 0 bridgehead atoms. The van der Waals surface area contributed by atoms with E-state index >= 15 is 0 Å². The highest BCUT2D eigenvalue weighted by Crippen LogP contribution is 2.33. The molecule has 1 unspecified atom stereocenters. The Labute approximate surface area is 194 Å². The number of aliphatic hydroxyl groups is 4. The maximum Gasteiger partial charge on any atom is 0.371 e. The molecule has 0 radical (unpaired) electrons. The Morgan fingerprint density at radius 2 is 1.74 bits per heavy atom. The van der Waals surface area contributed by atoms with E-state index < -0.39 is 66.3 Å². The lowest BCUT2D eigenvalue weighted by Crippen LogP contribution is -2.60. The number of imide groups is 1. The highest BCUT2D eigenvalue weighted by molar-refractivity contribution is 6.32. The maximum absolute atomic E-state index is 12.3. The van der Waals surface area contributed by atoms with Crippen molar-refractivity contribution < 1.29 is 53.5 Å². The minimum absolute atomic E-state index is 0.0810. The molecule has 0 saturated carbocycles. The van der Waals surface area contributed by atoms with Gasteiger partial charge >= 0.3 is 11.6 Å². The Bertz CT molecular complexity index is 1190. The molecular formula is C20H18ClNO12. The third kappa shape index (κ3) is 4.36. The second kappa shape index (κ2) is 9.29. The van der Waals surface area contributed by atoms with E-state index in [2.05, 4.69) is 0 Å². The predicted molar refractivity (Wildman–Crippen MR) is 108 cm³/mol. The first-order valence-electron chi connectivity index (χ1n) is 9.93. The number of nitrogens with zero attached hydrogens (tertiary/aromatic N) is 1. The highest BCUT2D eigenvalue weighted by atomic mass is 35.5. The fourth-order valence-electron chi connectivity index (χ4n) is 3.43. The summed E-state index contributed by atoms with van der Waals surface area (Å²) in [5.74, 6) is -2.87. The van der Waals surface area contributed by atoms with Gasteiger partial charge in [-0.1, -0.05) is 11.6 Å². The van der Waals surface area contributed by atoms with E-state index in [1.165, 1.54) is 6.07 Å². The molecule has 14 heteroatoms. The summed E-state index contributed by atoms with van der Waals surface area (Å²) in [7, 11) is 0. The van der Waals surface area contributed by atoms with Crippen LogP contribution in [-0.2, 0) is 19.2 Å². The molecule has 2 aromatic rings. The van der Waals surface area contributed by atoms with Gasteiger partial charge in [-0.2, -0.15) is 0 Å². The summed E-state index contributed by atoms with van der Waals surface area (Å²) in [5.41, 5.74) is -1.84. The summed E-state index contributed by atoms with van der Waals surface area (Å²) in [4.78, 5) is 52.6. The van der Waals surface area contributed by atoms with E-state index in [4.69, 9.17) is 30.3 Å². The second-order valence-electron chi connectivity index (χ2n) is 7.54. The van der Waals surface area contributed by atoms with Gasteiger partial charge in [-0.3, -0.25) is 9.59 Å².